The first-order chi connectivity index (χ1) is 11.2. The van der Waals surface area contributed by atoms with E-state index in [1.54, 1.807) is 12.3 Å². The van der Waals surface area contributed by atoms with Crippen LogP contribution >= 0.6 is 0 Å². The van der Waals surface area contributed by atoms with E-state index in [2.05, 4.69) is 27.1 Å². The molecule has 4 rings (SSSR count). The SMILES string of the molecule is O=c1[nH]c(-c2ccc(N3CCCC3)cc2)cn2nc(CO)cc12. The summed E-state index contributed by atoms with van der Waals surface area (Å²) in [5, 5.41) is 13.4. The van der Waals surface area contributed by atoms with Crippen LogP contribution in [-0.4, -0.2) is 32.8 Å². The number of H-pyrrole nitrogens is 1. The van der Waals surface area contributed by atoms with E-state index < -0.39 is 0 Å². The van der Waals surface area contributed by atoms with Crippen molar-refractivity contribution >= 4 is 11.2 Å². The number of aromatic nitrogens is 3. The Morgan fingerprint density at radius 1 is 1.17 bits per heavy atom. The highest BCUT2D eigenvalue weighted by Gasteiger charge is 2.12. The van der Waals surface area contributed by atoms with Gasteiger partial charge < -0.3 is 15.0 Å². The van der Waals surface area contributed by atoms with Crippen LogP contribution in [0.5, 0.6) is 0 Å². The number of fused-ring (bicyclic) bond motifs is 1. The molecule has 1 aliphatic rings. The molecule has 2 aromatic heterocycles. The van der Waals surface area contributed by atoms with E-state index in [1.165, 1.54) is 23.0 Å². The van der Waals surface area contributed by atoms with Crippen molar-refractivity contribution in [2.75, 3.05) is 18.0 Å². The van der Waals surface area contributed by atoms with Gasteiger partial charge in [-0.05, 0) is 36.6 Å². The number of nitrogens with one attached hydrogen (secondary N) is 1. The minimum absolute atomic E-state index is 0.180. The van der Waals surface area contributed by atoms with Crippen LogP contribution in [0, 0.1) is 0 Å². The molecule has 6 nitrogen and oxygen atoms in total. The summed E-state index contributed by atoms with van der Waals surface area (Å²) in [6.07, 6.45) is 4.28. The first-order valence-corrected chi connectivity index (χ1v) is 7.82. The fourth-order valence-electron chi connectivity index (χ4n) is 3.11. The first-order valence-electron chi connectivity index (χ1n) is 7.82. The van der Waals surface area contributed by atoms with Crippen molar-refractivity contribution in [1.82, 2.24) is 14.6 Å². The predicted molar refractivity (Wildman–Crippen MR) is 88.6 cm³/mol. The van der Waals surface area contributed by atoms with Crippen molar-refractivity contribution in [3.05, 3.63) is 52.6 Å². The number of aromatic amines is 1. The lowest BCUT2D eigenvalue weighted by Crippen LogP contribution is -2.17. The van der Waals surface area contributed by atoms with Gasteiger partial charge in [0.15, 0.2) is 0 Å². The fraction of sp³-hybridized carbons (Fsp3) is 0.294. The van der Waals surface area contributed by atoms with Gasteiger partial charge in [-0.3, -0.25) is 4.79 Å². The monoisotopic (exact) mass is 310 g/mol. The minimum atomic E-state index is -0.210. The molecule has 0 atom stereocenters. The van der Waals surface area contributed by atoms with Crippen molar-refractivity contribution in [3.8, 4) is 11.3 Å². The van der Waals surface area contributed by atoms with Gasteiger partial charge >= 0.3 is 0 Å². The zero-order valence-corrected chi connectivity index (χ0v) is 12.7. The van der Waals surface area contributed by atoms with E-state index in [9.17, 15) is 4.79 Å². The maximum atomic E-state index is 12.2. The van der Waals surface area contributed by atoms with Crippen LogP contribution in [0.2, 0.25) is 0 Å². The quantitative estimate of drug-likeness (QED) is 0.773. The number of hydrogen-bond donors (Lipinski definition) is 2. The molecule has 3 heterocycles. The molecule has 3 aromatic rings. The molecule has 0 aliphatic carbocycles. The van der Waals surface area contributed by atoms with E-state index in [0.29, 0.717) is 16.9 Å². The second kappa shape index (κ2) is 5.55. The number of benzene rings is 1. The van der Waals surface area contributed by atoms with Crippen molar-refractivity contribution in [3.63, 3.8) is 0 Å². The first kappa shape index (κ1) is 14.0. The van der Waals surface area contributed by atoms with Crippen LogP contribution in [-0.2, 0) is 6.61 Å². The van der Waals surface area contributed by atoms with Gasteiger partial charge in [-0.25, -0.2) is 4.52 Å². The number of aliphatic hydroxyl groups is 1. The molecule has 0 saturated carbocycles. The summed E-state index contributed by atoms with van der Waals surface area (Å²) in [7, 11) is 0. The van der Waals surface area contributed by atoms with Crippen molar-refractivity contribution in [2.45, 2.75) is 19.4 Å². The maximum absolute atomic E-state index is 12.2. The molecule has 6 heteroatoms. The molecule has 0 spiro atoms. The van der Waals surface area contributed by atoms with Gasteiger partial charge in [0.05, 0.1) is 24.2 Å². The van der Waals surface area contributed by atoms with E-state index in [-0.39, 0.29) is 12.2 Å². The van der Waals surface area contributed by atoms with Crippen LogP contribution in [0.1, 0.15) is 18.5 Å². The summed E-state index contributed by atoms with van der Waals surface area (Å²) in [6.45, 7) is 2.04. The summed E-state index contributed by atoms with van der Waals surface area (Å²) in [5.74, 6) is 0. The molecular weight excluding hydrogens is 292 g/mol. The standard InChI is InChI=1S/C17H18N4O2/c22-11-13-9-16-17(23)18-15(10-21(16)19-13)12-3-5-14(6-4-12)20-7-1-2-8-20/h3-6,9-10,22H,1-2,7-8,11H2,(H,18,23). The number of anilines is 1. The van der Waals surface area contributed by atoms with Gasteiger partial charge in [0.25, 0.3) is 5.56 Å². The molecule has 118 valence electrons. The summed E-state index contributed by atoms with van der Waals surface area (Å²) < 4.78 is 1.52. The third-order valence-electron chi connectivity index (χ3n) is 4.33. The molecular formula is C17H18N4O2. The normalized spacial score (nSPS) is 14.7. The highest BCUT2D eigenvalue weighted by atomic mass is 16.3. The van der Waals surface area contributed by atoms with E-state index >= 15 is 0 Å². The number of aliphatic hydroxyl groups excluding tert-OH is 1. The van der Waals surface area contributed by atoms with Crippen molar-refractivity contribution in [2.24, 2.45) is 0 Å². The number of hydrogen-bond acceptors (Lipinski definition) is 4. The Kier molecular flexibility index (Phi) is 3.38. The van der Waals surface area contributed by atoms with E-state index in [4.69, 9.17) is 5.11 Å². The average Bonchev–Trinajstić information content (AvgIpc) is 3.24. The molecule has 1 fully saturated rings. The van der Waals surface area contributed by atoms with Gasteiger partial charge in [0.2, 0.25) is 0 Å². The molecule has 1 saturated heterocycles. The van der Waals surface area contributed by atoms with Gasteiger partial charge in [0, 0.05) is 18.8 Å². The van der Waals surface area contributed by atoms with Crippen LogP contribution in [0.25, 0.3) is 16.8 Å². The van der Waals surface area contributed by atoms with E-state index in [1.807, 2.05) is 12.1 Å². The third kappa shape index (κ3) is 2.51. The summed E-state index contributed by atoms with van der Waals surface area (Å²) >= 11 is 0. The average molecular weight is 310 g/mol. The topological polar surface area (TPSA) is 73.6 Å². The highest BCUT2D eigenvalue weighted by molar-refractivity contribution is 5.64. The Bertz CT molecular complexity index is 889. The highest BCUT2D eigenvalue weighted by Crippen LogP contribution is 2.24. The minimum Gasteiger partial charge on any atom is -0.390 e. The number of nitrogens with zero attached hydrogens (tertiary/aromatic N) is 3. The molecule has 0 amide bonds. The molecule has 2 N–H and O–H groups in total. The smallest absolute Gasteiger partial charge is 0.274 e. The van der Waals surface area contributed by atoms with E-state index in [0.717, 1.165) is 18.7 Å². The summed E-state index contributed by atoms with van der Waals surface area (Å²) in [6, 6.07) is 9.80. The summed E-state index contributed by atoms with van der Waals surface area (Å²) in [4.78, 5) is 17.4. The van der Waals surface area contributed by atoms with Crippen LogP contribution in [0.3, 0.4) is 0 Å². The van der Waals surface area contributed by atoms with Gasteiger partial charge in [-0.1, -0.05) is 12.1 Å². The molecule has 0 unspecified atom stereocenters. The van der Waals surface area contributed by atoms with Crippen LogP contribution in [0.4, 0.5) is 5.69 Å². The predicted octanol–water partition coefficient (Wildman–Crippen LogP) is 1.78. The lowest BCUT2D eigenvalue weighted by Gasteiger charge is -2.17. The van der Waals surface area contributed by atoms with Crippen LogP contribution < -0.4 is 10.5 Å². The van der Waals surface area contributed by atoms with Gasteiger partial charge in [-0.15, -0.1) is 0 Å². The number of rotatable bonds is 3. The maximum Gasteiger partial charge on any atom is 0.274 e. The zero-order chi connectivity index (χ0) is 15.8. The Hall–Kier alpha value is -2.60. The molecule has 23 heavy (non-hydrogen) atoms. The molecule has 1 aromatic carbocycles. The zero-order valence-electron chi connectivity index (χ0n) is 12.7. The second-order valence-corrected chi connectivity index (χ2v) is 5.86. The second-order valence-electron chi connectivity index (χ2n) is 5.86. The lowest BCUT2D eigenvalue weighted by molar-refractivity contribution is 0.276. The fourth-order valence-corrected chi connectivity index (χ4v) is 3.11. The lowest BCUT2D eigenvalue weighted by atomic mass is 10.1. The third-order valence-corrected chi connectivity index (χ3v) is 4.33. The van der Waals surface area contributed by atoms with Crippen LogP contribution in [0.15, 0.2) is 41.3 Å². The Morgan fingerprint density at radius 3 is 2.61 bits per heavy atom. The molecule has 1 aliphatic heterocycles. The van der Waals surface area contributed by atoms with Crippen molar-refractivity contribution < 1.29 is 5.11 Å². The Morgan fingerprint density at radius 2 is 1.91 bits per heavy atom. The largest absolute Gasteiger partial charge is 0.390 e. The van der Waals surface area contributed by atoms with Gasteiger partial charge in [0.1, 0.15) is 5.52 Å². The van der Waals surface area contributed by atoms with Crippen molar-refractivity contribution in [1.29, 1.82) is 0 Å². The van der Waals surface area contributed by atoms with Gasteiger partial charge in [-0.2, -0.15) is 5.10 Å². The Balaban J connectivity index is 1.72. The molecule has 0 radical (unpaired) electrons. The Labute approximate surface area is 133 Å². The summed E-state index contributed by atoms with van der Waals surface area (Å²) in [5.41, 5.74) is 3.58. The molecule has 0 bridgehead atoms.